The summed E-state index contributed by atoms with van der Waals surface area (Å²) in [5.41, 5.74) is 2.35. The number of carboxylic acid groups (broad SMARTS) is 1. The van der Waals surface area contributed by atoms with Gasteiger partial charge < -0.3 is 5.11 Å². The Balaban J connectivity index is 2.31. The Hall–Kier alpha value is -1.32. The molecule has 1 aliphatic rings. The highest BCUT2D eigenvalue weighted by Gasteiger charge is 2.21. The molecular formula is C10H14N2O2. The van der Waals surface area contributed by atoms with Crippen molar-refractivity contribution >= 4 is 5.97 Å². The molecule has 76 valence electrons. The van der Waals surface area contributed by atoms with Crippen LogP contribution >= 0.6 is 0 Å². The van der Waals surface area contributed by atoms with Crippen LogP contribution < -0.4 is 0 Å². The van der Waals surface area contributed by atoms with Crippen LogP contribution in [0.1, 0.15) is 36.9 Å². The molecule has 1 aliphatic carbocycles. The molecular weight excluding hydrogens is 180 g/mol. The van der Waals surface area contributed by atoms with Crippen molar-refractivity contribution in [3.05, 3.63) is 17.5 Å². The van der Waals surface area contributed by atoms with Crippen molar-refractivity contribution in [3.8, 4) is 0 Å². The summed E-state index contributed by atoms with van der Waals surface area (Å²) in [6.07, 6.45) is 5.11. The zero-order chi connectivity index (χ0) is 10.1. The third-order valence-electron chi connectivity index (χ3n) is 2.85. The zero-order valence-corrected chi connectivity index (χ0v) is 8.23. The Morgan fingerprint density at radius 3 is 3.29 bits per heavy atom. The van der Waals surface area contributed by atoms with Crippen LogP contribution in [0, 0.1) is 0 Å². The summed E-state index contributed by atoms with van der Waals surface area (Å²) in [7, 11) is 0. The van der Waals surface area contributed by atoms with Crippen LogP contribution in [-0.4, -0.2) is 20.9 Å². The number of carboxylic acids is 1. The molecule has 1 aromatic rings. The van der Waals surface area contributed by atoms with Crippen molar-refractivity contribution < 1.29 is 9.90 Å². The summed E-state index contributed by atoms with van der Waals surface area (Å²) in [5, 5.41) is 12.8. The van der Waals surface area contributed by atoms with E-state index in [0.29, 0.717) is 5.92 Å². The maximum Gasteiger partial charge on any atom is 0.325 e. The molecule has 0 fully saturated rings. The summed E-state index contributed by atoms with van der Waals surface area (Å²) >= 11 is 0. The average Bonchev–Trinajstić information content (AvgIpc) is 2.49. The number of hydrogen-bond acceptors (Lipinski definition) is 2. The maximum atomic E-state index is 10.6. The van der Waals surface area contributed by atoms with Crippen molar-refractivity contribution in [2.75, 3.05) is 0 Å². The molecule has 1 atom stereocenters. The van der Waals surface area contributed by atoms with Crippen LogP contribution in [0.3, 0.4) is 0 Å². The molecule has 2 rings (SSSR count). The van der Waals surface area contributed by atoms with Crippen molar-refractivity contribution in [3.63, 3.8) is 0 Å². The normalized spacial score (nSPS) is 20.5. The van der Waals surface area contributed by atoms with E-state index >= 15 is 0 Å². The molecule has 4 heteroatoms. The molecule has 0 spiro atoms. The molecule has 1 unspecified atom stereocenters. The van der Waals surface area contributed by atoms with Crippen LogP contribution in [0.5, 0.6) is 0 Å². The fourth-order valence-electron chi connectivity index (χ4n) is 2.11. The zero-order valence-electron chi connectivity index (χ0n) is 8.23. The molecule has 0 aromatic carbocycles. The number of aliphatic carboxylic acids is 1. The first-order chi connectivity index (χ1) is 6.68. The highest BCUT2D eigenvalue weighted by molar-refractivity contribution is 5.66. The van der Waals surface area contributed by atoms with E-state index in [0.717, 1.165) is 18.5 Å². The highest BCUT2D eigenvalue weighted by Crippen LogP contribution is 2.30. The monoisotopic (exact) mass is 194 g/mol. The molecule has 1 N–H and O–H groups in total. The highest BCUT2D eigenvalue weighted by atomic mass is 16.4. The summed E-state index contributed by atoms with van der Waals surface area (Å²) in [6.45, 7) is 2.16. The molecule has 0 bridgehead atoms. The lowest BCUT2D eigenvalue weighted by atomic mass is 9.89. The van der Waals surface area contributed by atoms with Crippen LogP contribution in [0.2, 0.25) is 0 Å². The van der Waals surface area contributed by atoms with E-state index < -0.39 is 5.97 Å². The minimum Gasteiger partial charge on any atom is -0.480 e. The van der Waals surface area contributed by atoms with E-state index in [1.165, 1.54) is 12.0 Å². The standard InChI is InChI=1S/C10H14N2O2/c1-7-3-2-4-9-8(7)5-11-12(9)6-10(13)14/h5,7H,2-4,6H2,1H3,(H,13,14). The van der Waals surface area contributed by atoms with Crippen LogP contribution in [0.15, 0.2) is 6.20 Å². The molecule has 0 saturated heterocycles. The number of rotatable bonds is 2. The third kappa shape index (κ3) is 1.52. The molecule has 4 nitrogen and oxygen atoms in total. The van der Waals surface area contributed by atoms with E-state index in [-0.39, 0.29) is 6.54 Å². The number of aromatic nitrogens is 2. The van der Waals surface area contributed by atoms with Crippen molar-refractivity contribution in [2.45, 2.75) is 38.6 Å². The van der Waals surface area contributed by atoms with Gasteiger partial charge in [-0.25, -0.2) is 0 Å². The number of hydrogen-bond donors (Lipinski definition) is 1. The fourth-order valence-corrected chi connectivity index (χ4v) is 2.11. The van der Waals surface area contributed by atoms with E-state index in [2.05, 4.69) is 12.0 Å². The molecule has 0 amide bonds. The first-order valence-corrected chi connectivity index (χ1v) is 4.95. The first-order valence-electron chi connectivity index (χ1n) is 4.95. The van der Waals surface area contributed by atoms with Crippen molar-refractivity contribution in [2.24, 2.45) is 0 Å². The second kappa shape index (κ2) is 3.44. The second-order valence-corrected chi connectivity index (χ2v) is 3.89. The minimum atomic E-state index is -0.825. The van der Waals surface area contributed by atoms with Crippen LogP contribution in [0.4, 0.5) is 0 Å². The Kier molecular flexibility index (Phi) is 2.27. The van der Waals surface area contributed by atoms with Gasteiger partial charge in [-0.3, -0.25) is 9.48 Å². The molecule has 14 heavy (non-hydrogen) atoms. The first kappa shape index (κ1) is 9.24. The van der Waals surface area contributed by atoms with Gasteiger partial charge in [0.05, 0.1) is 6.20 Å². The van der Waals surface area contributed by atoms with Gasteiger partial charge in [0.15, 0.2) is 0 Å². The Labute approximate surface area is 82.5 Å². The van der Waals surface area contributed by atoms with Gasteiger partial charge in [-0.2, -0.15) is 5.10 Å². The third-order valence-corrected chi connectivity index (χ3v) is 2.85. The van der Waals surface area contributed by atoms with Gasteiger partial charge >= 0.3 is 5.97 Å². The fraction of sp³-hybridized carbons (Fsp3) is 0.600. The van der Waals surface area contributed by atoms with E-state index in [9.17, 15) is 4.79 Å². The predicted molar refractivity (Wildman–Crippen MR) is 51.2 cm³/mol. The number of fused-ring (bicyclic) bond motifs is 1. The molecule has 0 saturated carbocycles. The van der Waals surface area contributed by atoms with E-state index in [1.807, 2.05) is 6.20 Å². The molecule has 0 radical (unpaired) electrons. The van der Waals surface area contributed by atoms with Crippen LogP contribution in [0.25, 0.3) is 0 Å². The molecule has 0 aliphatic heterocycles. The van der Waals surface area contributed by atoms with Gasteiger partial charge in [-0.15, -0.1) is 0 Å². The molecule has 1 aromatic heterocycles. The maximum absolute atomic E-state index is 10.6. The molecule has 1 heterocycles. The predicted octanol–water partition coefficient (Wildman–Crippen LogP) is 1.41. The van der Waals surface area contributed by atoms with Crippen LogP contribution in [-0.2, 0) is 17.8 Å². The summed E-state index contributed by atoms with van der Waals surface area (Å²) in [5.74, 6) is -0.296. The van der Waals surface area contributed by atoms with Gasteiger partial charge in [0, 0.05) is 5.69 Å². The lowest BCUT2D eigenvalue weighted by Crippen LogP contribution is -2.16. The Morgan fingerprint density at radius 1 is 1.79 bits per heavy atom. The SMILES string of the molecule is CC1CCCc2c1cnn2CC(=O)O. The summed E-state index contributed by atoms with van der Waals surface area (Å²) < 4.78 is 1.62. The lowest BCUT2D eigenvalue weighted by molar-refractivity contribution is -0.137. The summed E-state index contributed by atoms with van der Waals surface area (Å²) in [4.78, 5) is 10.6. The van der Waals surface area contributed by atoms with E-state index in [1.54, 1.807) is 4.68 Å². The second-order valence-electron chi connectivity index (χ2n) is 3.89. The van der Waals surface area contributed by atoms with Gasteiger partial charge in [0.25, 0.3) is 0 Å². The quantitative estimate of drug-likeness (QED) is 0.774. The van der Waals surface area contributed by atoms with Gasteiger partial charge in [0.1, 0.15) is 6.54 Å². The Morgan fingerprint density at radius 2 is 2.57 bits per heavy atom. The average molecular weight is 194 g/mol. The van der Waals surface area contributed by atoms with Crippen molar-refractivity contribution in [1.29, 1.82) is 0 Å². The van der Waals surface area contributed by atoms with Crippen molar-refractivity contribution in [1.82, 2.24) is 9.78 Å². The Bertz CT molecular complexity index is 357. The van der Waals surface area contributed by atoms with Gasteiger partial charge in [0.2, 0.25) is 0 Å². The van der Waals surface area contributed by atoms with Gasteiger partial charge in [-0.05, 0) is 30.7 Å². The number of nitrogens with zero attached hydrogens (tertiary/aromatic N) is 2. The topological polar surface area (TPSA) is 55.1 Å². The number of carbonyl (C=O) groups is 1. The lowest BCUT2D eigenvalue weighted by Gasteiger charge is -2.18. The van der Waals surface area contributed by atoms with Gasteiger partial charge in [-0.1, -0.05) is 6.92 Å². The smallest absolute Gasteiger partial charge is 0.325 e. The minimum absolute atomic E-state index is 0.0119. The van der Waals surface area contributed by atoms with E-state index in [4.69, 9.17) is 5.11 Å². The largest absolute Gasteiger partial charge is 0.480 e. The summed E-state index contributed by atoms with van der Waals surface area (Å²) in [6, 6.07) is 0.